The predicted octanol–water partition coefficient (Wildman–Crippen LogP) is 2.88. The average Bonchev–Trinajstić information content (AvgIpc) is 2.53. The Morgan fingerprint density at radius 1 is 0.727 bits per heavy atom. The van der Waals surface area contributed by atoms with Crippen molar-refractivity contribution in [3.05, 3.63) is 59.7 Å². The highest BCUT2D eigenvalue weighted by molar-refractivity contribution is 6.50. The number of nitrogens with zero attached hydrogens (tertiary/aromatic N) is 2. The maximum absolute atomic E-state index is 12.5. The van der Waals surface area contributed by atoms with Gasteiger partial charge in [-0.3, -0.25) is 9.59 Å². The Labute approximate surface area is 131 Å². The van der Waals surface area contributed by atoms with Crippen molar-refractivity contribution in [3.8, 4) is 0 Å². The van der Waals surface area contributed by atoms with Crippen molar-refractivity contribution in [2.24, 2.45) is 0 Å². The van der Waals surface area contributed by atoms with Crippen LogP contribution in [0, 0.1) is 0 Å². The van der Waals surface area contributed by atoms with Gasteiger partial charge in [-0.25, -0.2) is 0 Å². The molecule has 0 aliphatic rings. The molecule has 0 fully saturated rings. The van der Waals surface area contributed by atoms with Crippen LogP contribution in [-0.2, 0) is 0 Å². The summed E-state index contributed by atoms with van der Waals surface area (Å²) in [5.74, 6) is -0.971. The molecule has 0 bridgehead atoms. The molecule has 0 N–H and O–H groups in total. The van der Waals surface area contributed by atoms with Crippen LogP contribution in [0.4, 0.5) is 11.4 Å². The first-order valence-electron chi connectivity index (χ1n) is 7.04. The summed E-state index contributed by atoms with van der Waals surface area (Å²) in [4.78, 5) is 28.7. The maximum atomic E-state index is 12.5. The lowest BCUT2D eigenvalue weighted by molar-refractivity contribution is 0.0817. The lowest BCUT2D eigenvalue weighted by Gasteiger charge is -2.16. The minimum Gasteiger partial charge on any atom is -0.378 e. The molecule has 2 rings (SSSR count). The Morgan fingerprint density at radius 2 is 1.32 bits per heavy atom. The van der Waals surface area contributed by atoms with Crippen molar-refractivity contribution < 1.29 is 9.59 Å². The molecule has 0 unspecified atom stereocenters. The third-order valence-corrected chi connectivity index (χ3v) is 3.48. The molecule has 2 aromatic carbocycles. The normalized spacial score (nSPS) is 10.2. The number of rotatable bonds is 5. The van der Waals surface area contributed by atoms with Crippen molar-refractivity contribution >= 4 is 22.9 Å². The average molecular weight is 296 g/mol. The highest BCUT2D eigenvalue weighted by atomic mass is 16.2. The van der Waals surface area contributed by atoms with Gasteiger partial charge in [0.15, 0.2) is 0 Å². The molecule has 22 heavy (non-hydrogen) atoms. The topological polar surface area (TPSA) is 40.6 Å². The zero-order chi connectivity index (χ0) is 16.3. The van der Waals surface area contributed by atoms with E-state index in [2.05, 4.69) is 0 Å². The Balaban J connectivity index is 2.32. The molecule has 0 radical (unpaired) electrons. The quantitative estimate of drug-likeness (QED) is 0.628. The van der Waals surface area contributed by atoms with Gasteiger partial charge in [-0.15, -0.1) is 0 Å². The second kappa shape index (κ2) is 6.43. The number of Topliss-reactive ketones (excluding diaryl/α,β-unsaturated/α-hetero) is 2. The summed E-state index contributed by atoms with van der Waals surface area (Å²) in [5, 5.41) is 0. The first-order valence-corrected chi connectivity index (χ1v) is 7.04. The van der Waals surface area contributed by atoms with Crippen LogP contribution in [0.1, 0.15) is 20.7 Å². The second-order valence-electron chi connectivity index (χ2n) is 5.51. The van der Waals surface area contributed by atoms with Crippen molar-refractivity contribution in [1.29, 1.82) is 0 Å². The molecule has 2 aromatic rings. The minimum atomic E-state index is -0.486. The maximum Gasteiger partial charge on any atom is 0.235 e. The zero-order valence-electron chi connectivity index (χ0n) is 13.3. The van der Waals surface area contributed by atoms with E-state index in [1.807, 2.05) is 62.3 Å². The fraction of sp³-hybridized carbons (Fsp3) is 0.222. The first-order chi connectivity index (χ1) is 10.4. The van der Waals surface area contributed by atoms with Gasteiger partial charge < -0.3 is 9.80 Å². The van der Waals surface area contributed by atoms with Crippen LogP contribution in [0.3, 0.4) is 0 Å². The summed E-state index contributed by atoms with van der Waals surface area (Å²) in [6.45, 7) is 0. The molecule has 0 aliphatic carbocycles. The Hall–Kier alpha value is -2.62. The van der Waals surface area contributed by atoms with E-state index >= 15 is 0 Å². The van der Waals surface area contributed by atoms with Crippen molar-refractivity contribution in [2.75, 3.05) is 38.0 Å². The number of hydrogen-bond acceptors (Lipinski definition) is 4. The van der Waals surface area contributed by atoms with Crippen LogP contribution in [0.15, 0.2) is 48.5 Å². The molecule has 0 saturated carbocycles. The summed E-state index contributed by atoms with van der Waals surface area (Å²) in [6.07, 6.45) is 0. The molecule has 0 aliphatic heterocycles. The highest BCUT2D eigenvalue weighted by Crippen LogP contribution is 2.21. The fourth-order valence-corrected chi connectivity index (χ4v) is 2.22. The number of benzene rings is 2. The Morgan fingerprint density at radius 3 is 1.86 bits per heavy atom. The smallest absolute Gasteiger partial charge is 0.235 e. The molecule has 4 heteroatoms. The summed E-state index contributed by atoms with van der Waals surface area (Å²) in [5.41, 5.74) is 2.56. The third-order valence-electron chi connectivity index (χ3n) is 3.48. The van der Waals surface area contributed by atoms with E-state index in [1.54, 1.807) is 24.3 Å². The first kappa shape index (κ1) is 15.8. The molecule has 0 heterocycles. The number of para-hydroxylation sites is 1. The molecule has 0 atom stereocenters. The lowest BCUT2D eigenvalue weighted by Crippen LogP contribution is -2.19. The number of carbonyl (C=O) groups excluding carboxylic acids is 2. The van der Waals surface area contributed by atoms with Crippen LogP contribution in [-0.4, -0.2) is 39.8 Å². The van der Waals surface area contributed by atoms with Crippen LogP contribution in [0.5, 0.6) is 0 Å². The van der Waals surface area contributed by atoms with Gasteiger partial charge in [0, 0.05) is 50.7 Å². The van der Waals surface area contributed by atoms with E-state index in [0.29, 0.717) is 11.1 Å². The predicted molar refractivity (Wildman–Crippen MR) is 90.2 cm³/mol. The summed E-state index contributed by atoms with van der Waals surface area (Å²) < 4.78 is 0. The van der Waals surface area contributed by atoms with E-state index in [4.69, 9.17) is 0 Å². The monoisotopic (exact) mass is 296 g/mol. The summed E-state index contributed by atoms with van der Waals surface area (Å²) in [6, 6.07) is 14.2. The molecule has 0 spiro atoms. The lowest BCUT2D eigenvalue weighted by atomic mass is 9.99. The Bertz CT molecular complexity index is 688. The zero-order valence-corrected chi connectivity index (χ0v) is 13.3. The second-order valence-corrected chi connectivity index (χ2v) is 5.51. The molecular formula is C18H20N2O2. The van der Waals surface area contributed by atoms with E-state index < -0.39 is 11.6 Å². The van der Waals surface area contributed by atoms with Crippen molar-refractivity contribution in [1.82, 2.24) is 0 Å². The SMILES string of the molecule is CN(C)c1ccc(C(=O)C(=O)c2ccccc2N(C)C)cc1. The van der Waals surface area contributed by atoms with Crippen LogP contribution in [0.25, 0.3) is 0 Å². The van der Waals surface area contributed by atoms with Gasteiger partial charge in [-0.05, 0) is 36.4 Å². The number of anilines is 2. The van der Waals surface area contributed by atoms with Gasteiger partial charge in [0.25, 0.3) is 0 Å². The molecule has 114 valence electrons. The van der Waals surface area contributed by atoms with Crippen LogP contribution < -0.4 is 9.80 Å². The van der Waals surface area contributed by atoms with Gasteiger partial charge >= 0.3 is 0 Å². The van der Waals surface area contributed by atoms with Gasteiger partial charge in [0.1, 0.15) is 0 Å². The molecule has 0 saturated heterocycles. The van der Waals surface area contributed by atoms with Gasteiger partial charge in [-0.1, -0.05) is 12.1 Å². The third kappa shape index (κ3) is 3.17. The minimum absolute atomic E-state index is 0.407. The molecule has 0 amide bonds. The van der Waals surface area contributed by atoms with Crippen LogP contribution in [0.2, 0.25) is 0 Å². The van der Waals surface area contributed by atoms with Gasteiger partial charge in [0.2, 0.25) is 11.6 Å². The van der Waals surface area contributed by atoms with E-state index in [9.17, 15) is 9.59 Å². The molecular weight excluding hydrogens is 276 g/mol. The summed E-state index contributed by atoms with van der Waals surface area (Å²) >= 11 is 0. The van der Waals surface area contributed by atoms with Crippen molar-refractivity contribution in [3.63, 3.8) is 0 Å². The Kier molecular flexibility index (Phi) is 4.61. The van der Waals surface area contributed by atoms with E-state index in [-0.39, 0.29) is 0 Å². The number of ketones is 2. The summed E-state index contributed by atoms with van der Waals surface area (Å²) in [7, 11) is 7.55. The molecule has 4 nitrogen and oxygen atoms in total. The number of hydrogen-bond donors (Lipinski definition) is 0. The van der Waals surface area contributed by atoms with Gasteiger partial charge in [-0.2, -0.15) is 0 Å². The van der Waals surface area contributed by atoms with Gasteiger partial charge in [0.05, 0.1) is 0 Å². The van der Waals surface area contributed by atoms with E-state index in [1.165, 1.54) is 0 Å². The molecule has 0 aromatic heterocycles. The van der Waals surface area contributed by atoms with Crippen LogP contribution >= 0.6 is 0 Å². The fourth-order valence-electron chi connectivity index (χ4n) is 2.22. The highest BCUT2D eigenvalue weighted by Gasteiger charge is 2.21. The number of carbonyl (C=O) groups is 2. The largest absolute Gasteiger partial charge is 0.378 e. The van der Waals surface area contributed by atoms with Crippen molar-refractivity contribution in [2.45, 2.75) is 0 Å². The van der Waals surface area contributed by atoms with E-state index in [0.717, 1.165) is 11.4 Å². The standard InChI is InChI=1S/C18H20N2O2/c1-19(2)14-11-9-13(10-12-14)17(21)18(22)15-7-5-6-8-16(15)20(3)4/h5-12H,1-4H3.